The molecule has 0 amide bonds. The summed E-state index contributed by atoms with van der Waals surface area (Å²) in [5, 5.41) is 9.83. The normalized spacial score (nSPS) is 22.3. The predicted octanol–water partition coefficient (Wildman–Crippen LogP) is 0.0733. The third-order valence-corrected chi connectivity index (χ3v) is 2.15. The lowest BCUT2D eigenvalue weighted by Crippen LogP contribution is -2.26. The van der Waals surface area contributed by atoms with E-state index >= 15 is 0 Å². The summed E-state index contributed by atoms with van der Waals surface area (Å²) in [6.07, 6.45) is 4.27. The summed E-state index contributed by atoms with van der Waals surface area (Å²) < 4.78 is 5.46. The molecule has 1 aromatic heterocycles. The Hall–Kier alpha value is -0.940. The van der Waals surface area contributed by atoms with Gasteiger partial charge in [0.2, 0.25) is 0 Å². The topological polar surface area (TPSA) is 62.8 Å². The molecule has 5 nitrogen and oxygen atoms in total. The first-order valence-electron chi connectivity index (χ1n) is 4.62. The van der Waals surface area contributed by atoms with Crippen LogP contribution in [0.15, 0.2) is 6.33 Å². The highest BCUT2D eigenvalue weighted by atomic mass is 16.5. The molecule has 1 aliphatic rings. The van der Waals surface area contributed by atoms with Gasteiger partial charge in [-0.15, -0.1) is 0 Å². The number of rotatable bonds is 4. The van der Waals surface area contributed by atoms with E-state index in [1.807, 2.05) is 0 Å². The van der Waals surface area contributed by atoms with Gasteiger partial charge in [-0.05, 0) is 12.8 Å². The van der Waals surface area contributed by atoms with Gasteiger partial charge < -0.3 is 10.1 Å². The monoisotopic (exact) mass is 182 g/mol. The maximum atomic E-state index is 5.46. The van der Waals surface area contributed by atoms with Crippen molar-refractivity contribution in [1.29, 1.82) is 0 Å². The van der Waals surface area contributed by atoms with E-state index in [-0.39, 0.29) is 0 Å². The lowest BCUT2D eigenvalue weighted by Gasteiger charge is -2.08. The fourth-order valence-electron chi connectivity index (χ4n) is 1.47. The van der Waals surface area contributed by atoms with Crippen LogP contribution in [0.3, 0.4) is 0 Å². The van der Waals surface area contributed by atoms with Crippen LogP contribution in [-0.4, -0.2) is 34.4 Å². The van der Waals surface area contributed by atoms with Crippen molar-refractivity contribution in [2.75, 3.05) is 13.2 Å². The zero-order valence-corrected chi connectivity index (χ0v) is 7.49. The van der Waals surface area contributed by atoms with Gasteiger partial charge in [0.1, 0.15) is 12.2 Å². The largest absolute Gasteiger partial charge is 0.377 e. The number of ether oxygens (including phenoxy) is 1. The average Bonchev–Trinajstić information content (AvgIpc) is 2.75. The molecule has 0 saturated carbocycles. The van der Waals surface area contributed by atoms with Crippen LogP contribution in [-0.2, 0) is 11.3 Å². The average molecular weight is 182 g/mol. The molecule has 13 heavy (non-hydrogen) atoms. The Bertz CT molecular complexity index is 230. The molecule has 1 fully saturated rings. The SMILES string of the molecule is c1n[nH]c(CNCC2CCCO2)n1. The second-order valence-electron chi connectivity index (χ2n) is 3.20. The van der Waals surface area contributed by atoms with Crippen LogP contribution in [0.2, 0.25) is 0 Å². The van der Waals surface area contributed by atoms with Crippen LogP contribution >= 0.6 is 0 Å². The summed E-state index contributed by atoms with van der Waals surface area (Å²) >= 11 is 0. The number of nitrogens with zero attached hydrogens (tertiary/aromatic N) is 2. The van der Waals surface area contributed by atoms with Gasteiger partial charge in [0, 0.05) is 13.2 Å². The van der Waals surface area contributed by atoms with E-state index in [1.165, 1.54) is 19.2 Å². The lowest BCUT2D eigenvalue weighted by molar-refractivity contribution is 0.110. The van der Waals surface area contributed by atoms with E-state index in [4.69, 9.17) is 4.74 Å². The predicted molar refractivity (Wildman–Crippen MR) is 47.1 cm³/mol. The van der Waals surface area contributed by atoms with Crippen LogP contribution in [0.1, 0.15) is 18.7 Å². The van der Waals surface area contributed by atoms with E-state index in [1.54, 1.807) is 0 Å². The quantitative estimate of drug-likeness (QED) is 0.692. The van der Waals surface area contributed by atoms with Crippen molar-refractivity contribution in [1.82, 2.24) is 20.5 Å². The van der Waals surface area contributed by atoms with Crippen LogP contribution in [0.25, 0.3) is 0 Å². The number of aromatic amines is 1. The molecule has 5 heteroatoms. The molecule has 0 bridgehead atoms. The van der Waals surface area contributed by atoms with E-state index in [0.29, 0.717) is 6.10 Å². The second-order valence-corrected chi connectivity index (χ2v) is 3.20. The molecular formula is C8H14N4O. The van der Waals surface area contributed by atoms with Crippen molar-refractivity contribution in [2.45, 2.75) is 25.5 Å². The van der Waals surface area contributed by atoms with Crippen LogP contribution in [0.4, 0.5) is 0 Å². The molecule has 0 radical (unpaired) electrons. The highest BCUT2D eigenvalue weighted by Gasteiger charge is 2.14. The molecule has 0 aromatic carbocycles. The molecular weight excluding hydrogens is 168 g/mol. The summed E-state index contributed by atoms with van der Waals surface area (Å²) in [6.45, 7) is 2.55. The third kappa shape index (κ3) is 2.50. The molecule has 0 spiro atoms. The summed E-state index contributed by atoms with van der Waals surface area (Å²) in [7, 11) is 0. The summed E-state index contributed by atoms with van der Waals surface area (Å²) in [6, 6.07) is 0. The fraction of sp³-hybridized carbons (Fsp3) is 0.750. The first-order valence-corrected chi connectivity index (χ1v) is 4.62. The Balaban J connectivity index is 1.63. The number of nitrogens with one attached hydrogen (secondary N) is 2. The van der Waals surface area contributed by atoms with Crippen molar-refractivity contribution < 1.29 is 4.74 Å². The minimum Gasteiger partial charge on any atom is -0.377 e. The summed E-state index contributed by atoms with van der Waals surface area (Å²) in [4.78, 5) is 4.01. The van der Waals surface area contributed by atoms with E-state index in [9.17, 15) is 0 Å². The Morgan fingerprint density at radius 1 is 1.69 bits per heavy atom. The fourth-order valence-corrected chi connectivity index (χ4v) is 1.47. The minimum absolute atomic E-state index is 0.392. The maximum Gasteiger partial charge on any atom is 0.138 e. The van der Waals surface area contributed by atoms with Gasteiger partial charge in [-0.25, -0.2) is 4.98 Å². The van der Waals surface area contributed by atoms with Gasteiger partial charge in [-0.2, -0.15) is 5.10 Å². The second kappa shape index (κ2) is 4.34. The Morgan fingerprint density at radius 2 is 2.69 bits per heavy atom. The van der Waals surface area contributed by atoms with Crippen molar-refractivity contribution in [3.63, 3.8) is 0 Å². The first kappa shape index (κ1) is 8.65. The molecule has 1 unspecified atom stereocenters. The molecule has 72 valence electrons. The Kier molecular flexibility index (Phi) is 2.89. The van der Waals surface area contributed by atoms with Gasteiger partial charge in [0.15, 0.2) is 0 Å². The molecule has 2 N–H and O–H groups in total. The Morgan fingerprint density at radius 3 is 3.38 bits per heavy atom. The first-order chi connectivity index (χ1) is 6.45. The summed E-state index contributed by atoms with van der Waals surface area (Å²) in [5.41, 5.74) is 0. The van der Waals surface area contributed by atoms with E-state index in [2.05, 4.69) is 20.5 Å². The van der Waals surface area contributed by atoms with Crippen molar-refractivity contribution in [2.24, 2.45) is 0 Å². The number of hydrogen-bond acceptors (Lipinski definition) is 4. The standard InChI is InChI=1S/C8H14N4O/c1-2-7(13-3-1)4-9-5-8-10-6-11-12-8/h6-7,9H,1-5H2,(H,10,11,12). The smallest absolute Gasteiger partial charge is 0.138 e. The van der Waals surface area contributed by atoms with Gasteiger partial charge in [0.25, 0.3) is 0 Å². The zero-order chi connectivity index (χ0) is 8.93. The third-order valence-electron chi connectivity index (χ3n) is 2.15. The molecule has 1 atom stereocenters. The number of hydrogen-bond donors (Lipinski definition) is 2. The number of H-pyrrole nitrogens is 1. The van der Waals surface area contributed by atoms with Crippen LogP contribution in [0.5, 0.6) is 0 Å². The minimum atomic E-state index is 0.392. The summed E-state index contributed by atoms with van der Waals surface area (Å²) in [5.74, 6) is 0.873. The van der Waals surface area contributed by atoms with E-state index in [0.717, 1.165) is 25.5 Å². The molecule has 1 aliphatic heterocycles. The van der Waals surface area contributed by atoms with Crippen LogP contribution in [0, 0.1) is 0 Å². The van der Waals surface area contributed by atoms with Crippen LogP contribution < -0.4 is 5.32 Å². The zero-order valence-electron chi connectivity index (χ0n) is 7.49. The highest BCUT2D eigenvalue weighted by Crippen LogP contribution is 2.10. The van der Waals surface area contributed by atoms with Gasteiger partial charge >= 0.3 is 0 Å². The molecule has 0 aliphatic carbocycles. The van der Waals surface area contributed by atoms with E-state index < -0.39 is 0 Å². The van der Waals surface area contributed by atoms with Crippen molar-refractivity contribution in [3.05, 3.63) is 12.2 Å². The maximum absolute atomic E-state index is 5.46. The molecule has 1 aromatic rings. The Labute approximate surface area is 76.9 Å². The molecule has 2 rings (SSSR count). The molecule has 2 heterocycles. The number of aromatic nitrogens is 3. The van der Waals surface area contributed by atoms with Crippen molar-refractivity contribution in [3.8, 4) is 0 Å². The van der Waals surface area contributed by atoms with Gasteiger partial charge in [-0.3, -0.25) is 5.10 Å². The molecule has 1 saturated heterocycles. The van der Waals surface area contributed by atoms with Gasteiger partial charge in [-0.1, -0.05) is 0 Å². The van der Waals surface area contributed by atoms with Gasteiger partial charge in [0.05, 0.1) is 12.6 Å². The highest BCUT2D eigenvalue weighted by molar-refractivity contribution is 4.79. The lowest BCUT2D eigenvalue weighted by atomic mass is 10.2. The van der Waals surface area contributed by atoms with Crippen molar-refractivity contribution >= 4 is 0 Å².